The molecule has 4 rings (SSSR count). The summed E-state index contributed by atoms with van der Waals surface area (Å²) >= 11 is 0. The summed E-state index contributed by atoms with van der Waals surface area (Å²) in [7, 11) is 0. The molecule has 4 aromatic rings. The smallest absolute Gasteiger partial charge is 0.407 e. The van der Waals surface area contributed by atoms with Crippen molar-refractivity contribution in [1.82, 2.24) is 15.6 Å². The van der Waals surface area contributed by atoms with Crippen LogP contribution in [0.15, 0.2) is 79.0 Å². The Bertz CT molecular complexity index is 1380. The van der Waals surface area contributed by atoms with Crippen LogP contribution in [0.25, 0.3) is 10.9 Å². The minimum atomic E-state index is -0.708. The number of para-hydroxylation sites is 1. The number of carbonyl (C=O) groups excluding carboxylic acids is 2. The van der Waals surface area contributed by atoms with E-state index in [1.54, 1.807) is 31.2 Å². The number of aromatic nitrogens is 1. The van der Waals surface area contributed by atoms with Crippen LogP contribution < -0.4 is 15.4 Å². The van der Waals surface area contributed by atoms with Crippen molar-refractivity contribution >= 4 is 22.9 Å². The van der Waals surface area contributed by atoms with Crippen molar-refractivity contribution in [1.29, 1.82) is 0 Å². The van der Waals surface area contributed by atoms with Gasteiger partial charge in [-0.25, -0.2) is 13.6 Å². The summed E-state index contributed by atoms with van der Waals surface area (Å²) in [6.07, 6.45) is 0.865. The maximum Gasteiger partial charge on any atom is 0.407 e. The van der Waals surface area contributed by atoms with Gasteiger partial charge in [0.05, 0.1) is 11.1 Å². The van der Waals surface area contributed by atoms with E-state index in [0.717, 1.165) is 17.7 Å². The van der Waals surface area contributed by atoms with E-state index in [2.05, 4.69) is 15.6 Å². The van der Waals surface area contributed by atoms with E-state index in [0.29, 0.717) is 16.5 Å². The topological polar surface area (TPSA) is 89.5 Å². The molecular formula is C30H31F2N3O4. The summed E-state index contributed by atoms with van der Waals surface area (Å²) in [5.74, 6) is -1.51. The third-order valence-electron chi connectivity index (χ3n) is 5.56. The van der Waals surface area contributed by atoms with Crippen molar-refractivity contribution in [3.8, 4) is 5.75 Å². The average Bonchev–Trinajstić information content (AvgIpc) is 2.96. The van der Waals surface area contributed by atoms with Crippen molar-refractivity contribution in [2.75, 3.05) is 6.54 Å². The van der Waals surface area contributed by atoms with Crippen molar-refractivity contribution in [2.24, 2.45) is 0 Å². The van der Waals surface area contributed by atoms with Gasteiger partial charge in [0.2, 0.25) is 0 Å². The lowest BCUT2D eigenvalue weighted by molar-refractivity contribution is 0.0948. The molecule has 1 atom stereocenters. The lowest BCUT2D eigenvalue weighted by atomic mass is 10.1. The Morgan fingerprint density at radius 3 is 2.31 bits per heavy atom. The van der Waals surface area contributed by atoms with Gasteiger partial charge in [0.25, 0.3) is 5.91 Å². The number of ether oxygens (including phenoxy) is 2. The monoisotopic (exact) mass is 535 g/mol. The van der Waals surface area contributed by atoms with Gasteiger partial charge in [-0.05, 0) is 36.8 Å². The van der Waals surface area contributed by atoms with Gasteiger partial charge in [-0.1, -0.05) is 62.4 Å². The van der Waals surface area contributed by atoms with E-state index in [9.17, 15) is 18.4 Å². The van der Waals surface area contributed by atoms with Crippen LogP contribution in [0.3, 0.4) is 0 Å². The van der Waals surface area contributed by atoms with Gasteiger partial charge in [-0.2, -0.15) is 0 Å². The molecule has 9 heteroatoms. The molecule has 39 heavy (non-hydrogen) atoms. The third kappa shape index (κ3) is 7.98. The lowest BCUT2D eigenvalue weighted by Crippen LogP contribution is -2.42. The van der Waals surface area contributed by atoms with Crippen LogP contribution in [-0.4, -0.2) is 29.6 Å². The molecule has 0 fully saturated rings. The van der Waals surface area contributed by atoms with Crippen molar-refractivity contribution in [3.63, 3.8) is 0 Å². The Labute approximate surface area is 226 Å². The van der Waals surface area contributed by atoms with Crippen LogP contribution in [0.2, 0.25) is 0 Å². The predicted molar refractivity (Wildman–Crippen MR) is 145 cm³/mol. The molecule has 0 saturated heterocycles. The molecule has 2 amide bonds. The summed E-state index contributed by atoms with van der Waals surface area (Å²) in [4.78, 5) is 29.3. The Morgan fingerprint density at radius 2 is 1.59 bits per heavy atom. The van der Waals surface area contributed by atoms with E-state index < -0.39 is 23.8 Å². The fraction of sp³-hybridized carbons (Fsp3) is 0.233. The predicted octanol–water partition coefficient (Wildman–Crippen LogP) is 6.16. The Hall–Kier alpha value is -4.53. The fourth-order valence-electron chi connectivity index (χ4n) is 3.64. The van der Waals surface area contributed by atoms with Crippen LogP contribution in [0, 0.1) is 11.6 Å². The average molecular weight is 536 g/mol. The number of fused-ring (bicyclic) bond motifs is 1. The Balaban J connectivity index is 0.00000205. The number of carbonyl (C=O) groups is 2. The first-order valence-electron chi connectivity index (χ1n) is 12.6. The Kier molecular flexibility index (Phi) is 10.7. The molecule has 204 valence electrons. The molecule has 0 radical (unpaired) electrons. The summed E-state index contributed by atoms with van der Waals surface area (Å²) in [5, 5.41) is 5.97. The first kappa shape index (κ1) is 29.0. The van der Waals surface area contributed by atoms with Crippen molar-refractivity contribution in [3.05, 3.63) is 107 Å². The number of hydrogen-bond acceptors (Lipinski definition) is 5. The molecule has 0 bridgehead atoms. The second-order valence-electron chi connectivity index (χ2n) is 8.32. The highest BCUT2D eigenvalue weighted by Crippen LogP contribution is 2.27. The van der Waals surface area contributed by atoms with Crippen LogP contribution >= 0.6 is 0 Å². The number of hydrogen-bond donors (Lipinski definition) is 2. The minimum Gasteiger partial charge on any atom is -0.486 e. The van der Waals surface area contributed by atoms with E-state index in [1.807, 2.05) is 44.2 Å². The van der Waals surface area contributed by atoms with Crippen LogP contribution in [0.5, 0.6) is 5.75 Å². The molecular weight excluding hydrogens is 504 g/mol. The fourth-order valence-corrected chi connectivity index (χ4v) is 3.64. The van der Waals surface area contributed by atoms with Gasteiger partial charge in [0.1, 0.15) is 36.1 Å². The molecule has 0 saturated carbocycles. The van der Waals surface area contributed by atoms with Crippen LogP contribution in [-0.2, 0) is 18.0 Å². The SMILES string of the molecule is CC.CC(CNC(=O)c1ccnc2c(OCc3c(F)cccc3F)cccc12)NC(=O)OCc1ccccc1. The molecule has 0 aliphatic carbocycles. The molecule has 0 aliphatic rings. The molecule has 2 N–H and O–H groups in total. The highest BCUT2D eigenvalue weighted by molar-refractivity contribution is 6.07. The van der Waals surface area contributed by atoms with Crippen LogP contribution in [0.4, 0.5) is 13.6 Å². The number of halogens is 2. The van der Waals surface area contributed by atoms with Gasteiger partial charge in [0.15, 0.2) is 0 Å². The summed E-state index contributed by atoms with van der Waals surface area (Å²) < 4.78 is 38.8. The maximum atomic E-state index is 14.0. The van der Waals surface area contributed by atoms with Crippen molar-refractivity contribution in [2.45, 2.75) is 40.0 Å². The van der Waals surface area contributed by atoms with Crippen LogP contribution in [0.1, 0.15) is 42.3 Å². The lowest BCUT2D eigenvalue weighted by Gasteiger charge is -2.16. The third-order valence-corrected chi connectivity index (χ3v) is 5.56. The van der Waals surface area contributed by atoms with Gasteiger partial charge in [-0.3, -0.25) is 9.78 Å². The summed E-state index contributed by atoms with van der Waals surface area (Å²) in [6, 6.07) is 19.0. The summed E-state index contributed by atoms with van der Waals surface area (Å²) in [6.45, 7) is 5.70. The second kappa shape index (κ2) is 14.4. The first-order chi connectivity index (χ1) is 18.9. The molecule has 1 unspecified atom stereocenters. The normalized spacial score (nSPS) is 11.1. The number of benzene rings is 3. The molecule has 1 heterocycles. The number of nitrogens with one attached hydrogen (secondary N) is 2. The zero-order chi connectivity index (χ0) is 28.2. The molecule has 7 nitrogen and oxygen atoms in total. The number of alkyl carbamates (subject to hydrolysis) is 1. The first-order valence-corrected chi connectivity index (χ1v) is 12.6. The number of nitrogens with zero attached hydrogens (tertiary/aromatic N) is 1. The number of rotatable bonds is 9. The quantitative estimate of drug-likeness (QED) is 0.268. The largest absolute Gasteiger partial charge is 0.486 e. The van der Waals surface area contributed by atoms with Gasteiger partial charge in [0, 0.05) is 24.2 Å². The second-order valence-corrected chi connectivity index (χ2v) is 8.32. The van der Waals surface area contributed by atoms with E-state index in [4.69, 9.17) is 9.47 Å². The molecule has 0 spiro atoms. The standard InChI is InChI=1S/C28H25F2N3O4.C2H6/c1-18(33-28(35)37-16-19-7-3-2-4-8-19)15-32-27(34)21-13-14-31-26-20(21)9-5-12-25(26)36-17-22-23(29)10-6-11-24(22)30;1-2/h2-14,18H,15-17H2,1H3,(H,32,34)(H,33,35);1-2H3. The number of amides is 2. The van der Waals surface area contributed by atoms with Gasteiger partial charge in [-0.15, -0.1) is 0 Å². The minimum absolute atomic E-state index is 0.142. The zero-order valence-electron chi connectivity index (χ0n) is 22.0. The summed E-state index contributed by atoms with van der Waals surface area (Å²) in [5.41, 5.74) is 1.39. The van der Waals surface area contributed by atoms with Crippen molar-refractivity contribution < 1.29 is 27.8 Å². The molecule has 1 aromatic heterocycles. The van der Waals surface area contributed by atoms with E-state index >= 15 is 0 Å². The zero-order valence-corrected chi connectivity index (χ0v) is 22.0. The van der Waals surface area contributed by atoms with Gasteiger partial charge >= 0.3 is 6.09 Å². The molecule has 3 aromatic carbocycles. The highest BCUT2D eigenvalue weighted by Gasteiger charge is 2.16. The Morgan fingerprint density at radius 1 is 0.897 bits per heavy atom. The van der Waals surface area contributed by atoms with E-state index in [-0.39, 0.29) is 37.0 Å². The molecule has 0 aliphatic heterocycles. The highest BCUT2D eigenvalue weighted by atomic mass is 19.1. The number of pyridine rings is 1. The maximum absolute atomic E-state index is 14.0. The van der Waals surface area contributed by atoms with Gasteiger partial charge < -0.3 is 20.1 Å². The van der Waals surface area contributed by atoms with E-state index in [1.165, 1.54) is 12.3 Å².